The Hall–Kier alpha value is -2.06. The van der Waals surface area contributed by atoms with Crippen molar-refractivity contribution in [2.75, 3.05) is 32.5 Å². The number of anilines is 1. The maximum absolute atomic E-state index is 12.6. The van der Waals surface area contributed by atoms with Crippen LogP contribution in [0.1, 0.15) is 61.3 Å². The van der Waals surface area contributed by atoms with E-state index in [0.717, 1.165) is 51.7 Å². The van der Waals surface area contributed by atoms with Crippen LogP contribution in [0.5, 0.6) is 0 Å². The lowest BCUT2D eigenvalue weighted by molar-refractivity contribution is 0.238. The SMILES string of the molecule is CNCc1ccc(C2=Cc3ccncc3C(C)(NC3CCN(S(=O)C4CC4)CC3)C2)cc1NC. The quantitative estimate of drug-likeness (QED) is 0.536. The Morgan fingerprint density at radius 2 is 1.94 bits per heavy atom. The molecule has 2 aliphatic carbocycles. The highest BCUT2D eigenvalue weighted by Gasteiger charge is 2.38. The van der Waals surface area contributed by atoms with Gasteiger partial charge in [-0.25, -0.2) is 8.51 Å². The number of fused-ring (bicyclic) bond motifs is 1. The molecule has 0 radical (unpaired) electrons. The predicted molar refractivity (Wildman–Crippen MR) is 142 cm³/mol. The summed E-state index contributed by atoms with van der Waals surface area (Å²) in [6.45, 7) is 4.99. The van der Waals surface area contributed by atoms with Crippen LogP contribution in [-0.2, 0) is 23.1 Å². The van der Waals surface area contributed by atoms with Gasteiger partial charge in [-0.15, -0.1) is 0 Å². The highest BCUT2D eigenvalue weighted by Crippen LogP contribution is 2.42. The Kier molecular flexibility index (Phi) is 6.89. The van der Waals surface area contributed by atoms with E-state index >= 15 is 0 Å². The first-order valence-corrected chi connectivity index (χ1v) is 13.7. The molecule has 1 saturated carbocycles. The number of hydrogen-bond donors (Lipinski definition) is 3. The molecular weight excluding hydrogens is 442 g/mol. The summed E-state index contributed by atoms with van der Waals surface area (Å²) < 4.78 is 14.8. The van der Waals surface area contributed by atoms with E-state index in [2.05, 4.69) is 62.5 Å². The molecule has 7 heteroatoms. The van der Waals surface area contributed by atoms with Crippen LogP contribution in [0.25, 0.3) is 11.6 Å². The van der Waals surface area contributed by atoms with E-state index < -0.39 is 11.0 Å². The molecule has 2 unspecified atom stereocenters. The minimum atomic E-state index is -0.777. The van der Waals surface area contributed by atoms with E-state index in [1.807, 2.05) is 26.5 Å². The topological polar surface area (TPSA) is 69.3 Å². The minimum Gasteiger partial charge on any atom is -0.388 e. The van der Waals surface area contributed by atoms with Gasteiger partial charge < -0.3 is 16.0 Å². The van der Waals surface area contributed by atoms with Gasteiger partial charge in [0.2, 0.25) is 0 Å². The first-order chi connectivity index (χ1) is 16.5. The van der Waals surface area contributed by atoms with E-state index in [1.54, 1.807) is 0 Å². The van der Waals surface area contributed by atoms with Gasteiger partial charge in [-0.05, 0) is 86.0 Å². The number of hydrogen-bond acceptors (Lipinski definition) is 5. The third-order valence-electron chi connectivity index (χ3n) is 7.48. The van der Waals surface area contributed by atoms with Crippen LogP contribution in [0, 0.1) is 0 Å². The monoisotopic (exact) mass is 479 g/mol. The summed E-state index contributed by atoms with van der Waals surface area (Å²) in [5.74, 6) is 0. The van der Waals surface area contributed by atoms with E-state index in [-0.39, 0.29) is 5.54 Å². The number of rotatable bonds is 8. The Bertz CT molecular complexity index is 1090. The molecule has 1 saturated heterocycles. The molecule has 182 valence electrons. The summed E-state index contributed by atoms with van der Waals surface area (Å²) >= 11 is 0. The molecule has 1 aromatic heterocycles. The molecule has 2 atom stereocenters. The van der Waals surface area contributed by atoms with Crippen LogP contribution in [-0.4, -0.2) is 52.0 Å². The lowest BCUT2D eigenvalue weighted by atomic mass is 9.76. The van der Waals surface area contributed by atoms with Gasteiger partial charge in [0.25, 0.3) is 0 Å². The lowest BCUT2D eigenvalue weighted by Crippen LogP contribution is -2.51. The van der Waals surface area contributed by atoms with Crippen LogP contribution in [0.4, 0.5) is 5.69 Å². The average Bonchev–Trinajstić information content (AvgIpc) is 3.70. The number of aromatic nitrogens is 1. The molecule has 2 aromatic rings. The smallest absolute Gasteiger partial charge is 0.0974 e. The Morgan fingerprint density at radius 3 is 2.65 bits per heavy atom. The number of nitrogens with one attached hydrogen (secondary N) is 3. The van der Waals surface area contributed by atoms with E-state index in [1.165, 1.54) is 33.5 Å². The first-order valence-electron chi connectivity index (χ1n) is 12.5. The molecule has 5 rings (SSSR count). The van der Waals surface area contributed by atoms with E-state index in [4.69, 9.17) is 0 Å². The summed E-state index contributed by atoms with van der Waals surface area (Å²) in [5, 5.41) is 11.1. The second-order valence-corrected chi connectivity index (χ2v) is 11.9. The first kappa shape index (κ1) is 23.7. The van der Waals surface area contributed by atoms with Crippen LogP contribution in [0.2, 0.25) is 0 Å². The van der Waals surface area contributed by atoms with Gasteiger partial charge in [0.1, 0.15) is 0 Å². The molecule has 0 spiro atoms. The van der Waals surface area contributed by atoms with Crippen LogP contribution >= 0.6 is 0 Å². The third kappa shape index (κ3) is 4.85. The fraction of sp³-hybridized carbons (Fsp3) is 0.519. The summed E-state index contributed by atoms with van der Waals surface area (Å²) in [4.78, 5) is 4.47. The number of nitrogens with zero attached hydrogens (tertiary/aromatic N) is 2. The molecule has 34 heavy (non-hydrogen) atoms. The molecule has 6 nitrogen and oxygen atoms in total. The molecule has 1 aromatic carbocycles. The minimum absolute atomic E-state index is 0.195. The van der Waals surface area contributed by atoms with Gasteiger partial charge >= 0.3 is 0 Å². The number of benzene rings is 1. The highest BCUT2D eigenvalue weighted by atomic mass is 32.2. The summed E-state index contributed by atoms with van der Waals surface area (Å²) in [5.41, 5.74) is 7.35. The van der Waals surface area contributed by atoms with Gasteiger partial charge in [0.05, 0.1) is 11.0 Å². The van der Waals surface area contributed by atoms with Crippen molar-refractivity contribution in [3.63, 3.8) is 0 Å². The predicted octanol–water partition coefficient (Wildman–Crippen LogP) is 3.88. The van der Waals surface area contributed by atoms with Crippen molar-refractivity contribution in [2.24, 2.45) is 0 Å². The molecule has 3 N–H and O–H groups in total. The molecule has 0 amide bonds. The lowest BCUT2D eigenvalue weighted by Gasteiger charge is -2.42. The van der Waals surface area contributed by atoms with Gasteiger partial charge in [0.15, 0.2) is 0 Å². The zero-order chi connectivity index (χ0) is 23.7. The summed E-state index contributed by atoms with van der Waals surface area (Å²) in [6, 6.07) is 9.29. The second-order valence-electron chi connectivity index (χ2n) is 10.1. The molecule has 3 aliphatic rings. The third-order valence-corrected chi connectivity index (χ3v) is 9.40. The Balaban J connectivity index is 1.37. The number of pyridine rings is 1. The van der Waals surface area contributed by atoms with Gasteiger partial charge in [-0.3, -0.25) is 4.98 Å². The molecule has 0 bridgehead atoms. The molecule has 2 fully saturated rings. The Morgan fingerprint density at radius 1 is 1.15 bits per heavy atom. The Labute approximate surface area is 206 Å². The standard InChI is InChI=1S/C27H37N5OS/c1-27(31-23-9-12-32(13-10-23)34(33)24-6-7-24)16-22(14-20-8-11-30-18-25(20)27)19-4-5-21(17-28-2)26(15-19)29-3/h4-5,8,11,14-15,18,23-24,28-29,31H,6-7,9-10,12-13,16-17H2,1-3H3. The van der Waals surface area contributed by atoms with Gasteiger partial charge in [0, 0.05) is 61.6 Å². The van der Waals surface area contributed by atoms with E-state index in [9.17, 15) is 4.21 Å². The van der Waals surface area contributed by atoms with Crippen LogP contribution in [0.3, 0.4) is 0 Å². The maximum atomic E-state index is 12.6. The zero-order valence-electron chi connectivity index (χ0n) is 20.6. The highest BCUT2D eigenvalue weighted by molar-refractivity contribution is 7.83. The normalized spacial score (nSPS) is 24.4. The van der Waals surface area contributed by atoms with Crippen molar-refractivity contribution in [3.05, 3.63) is 58.9 Å². The van der Waals surface area contributed by atoms with Crippen molar-refractivity contribution < 1.29 is 4.21 Å². The fourth-order valence-corrected chi connectivity index (χ4v) is 7.02. The molecule has 1 aliphatic heterocycles. The number of piperidine rings is 1. The van der Waals surface area contributed by atoms with E-state index in [0.29, 0.717) is 11.3 Å². The van der Waals surface area contributed by atoms with Crippen molar-refractivity contribution in [2.45, 2.75) is 62.4 Å². The fourth-order valence-electron chi connectivity index (χ4n) is 5.49. The molecule has 2 heterocycles. The van der Waals surface area contributed by atoms with Crippen molar-refractivity contribution in [1.82, 2.24) is 19.9 Å². The van der Waals surface area contributed by atoms with Crippen molar-refractivity contribution >= 4 is 28.3 Å². The largest absolute Gasteiger partial charge is 0.388 e. The summed E-state index contributed by atoms with van der Waals surface area (Å²) in [6.07, 6.45) is 11.5. The molecular formula is C27H37N5OS. The van der Waals surface area contributed by atoms with Crippen LogP contribution in [0.15, 0.2) is 36.7 Å². The van der Waals surface area contributed by atoms with Crippen molar-refractivity contribution in [1.29, 1.82) is 0 Å². The van der Waals surface area contributed by atoms with Crippen LogP contribution < -0.4 is 16.0 Å². The van der Waals surface area contributed by atoms with Gasteiger partial charge in [-0.2, -0.15) is 0 Å². The van der Waals surface area contributed by atoms with Crippen molar-refractivity contribution in [3.8, 4) is 0 Å². The zero-order valence-corrected chi connectivity index (χ0v) is 21.4. The average molecular weight is 480 g/mol. The van der Waals surface area contributed by atoms with Gasteiger partial charge in [-0.1, -0.05) is 18.2 Å². The summed E-state index contributed by atoms with van der Waals surface area (Å²) in [7, 11) is 3.19. The second kappa shape index (κ2) is 9.90. The maximum Gasteiger partial charge on any atom is 0.0974 e.